The van der Waals surface area contributed by atoms with Crippen LogP contribution < -0.4 is 5.73 Å². The molecule has 1 unspecified atom stereocenters. The Morgan fingerprint density at radius 1 is 1.39 bits per heavy atom. The lowest BCUT2D eigenvalue weighted by molar-refractivity contribution is 0.283. The Kier molecular flexibility index (Phi) is 3.07. The average molecular weight is 310 g/mol. The van der Waals surface area contributed by atoms with Crippen molar-refractivity contribution in [2.24, 2.45) is 12.8 Å². The third kappa shape index (κ3) is 2.25. The van der Waals surface area contributed by atoms with Crippen LogP contribution in [0.3, 0.4) is 0 Å². The molecule has 118 valence electrons. The van der Waals surface area contributed by atoms with Crippen molar-refractivity contribution >= 4 is 16.9 Å². The fourth-order valence-corrected chi connectivity index (χ4v) is 3.20. The molecule has 1 fully saturated rings. The molecule has 7 nitrogen and oxygen atoms in total. The molecular weight excluding hydrogens is 292 g/mol. The number of aromatic nitrogens is 3. The van der Waals surface area contributed by atoms with Gasteiger partial charge in [-0.25, -0.2) is 0 Å². The van der Waals surface area contributed by atoms with E-state index in [1.165, 1.54) is 5.39 Å². The van der Waals surface area contributed by atoms with Crippen LogP contribution >= 0.6 is 0 Å². The van der Waals surface area contributed by atoms with Crippen LogP contribution in [0.15, 0.2) is 35.0 Å². The van der Waals surface area contributed by atoms with Crippen LogP contribution in [-0.2, 0) is 7.05 Å². The van der Waals surface area contributed by atoms with E-state index in [4.69, 9.17) is 15.7 Å². The highest BCUT2D eigenvalue weighted by atomic mass is 16.5. The Balaban J connectivity index is 1.69. The Morgan fingerprint density at radius 3 is 3.09 bits per heavy atom. The van der Waals surface area contributed by atoms with Crippen molar-refractivity contribution in [1.29, 1.82) is 5.41 Å². The molecule has 1 aromatic carbocycles. The van der Waals surface area contributed by atoms with Crippen LogP contribution in [-0.4, -0.2) is 32.1 Å². The summed E-state index contributed by atoms with van der Waals surface area (Å²) in [7, 11) is 2.01. The standard InChI is InChI=1S/C16H18N6O/c1-21-8-6-10-4-5-11(9-13(10)21)14-19-15(23-20-14)12-3-2-7-22(12)16(17)18/h4-6,8-9,12H,2-3,7H2,1H3,(H3,17,18). The molecule has 0 aliphatic carbocycles. The van der Waals surface area contributed by atoms with Gasteiger partial charge < -0.3 is 19.7 Å². The van der Waals surface area contributed by atoms with Crippen molar-refractivity contribution in [1.82, 2.24) is 19.6 Å². The van der Waals surface area contributed by atoms with Crippen molar-refractivity contribution in [3.63, 3.8) is 0 Å². The van der Waals surface area contributed by atoms with Gasteiger partial charge in [0.1, 0.15) is 6.04 Å². The predicted molar refractivity (Wildman–Crippen MR) is 86.8 cm³/mol. The SMILES string of the molecule is Cn1ccc2ccc(-c3noc(C4CCCN4C(=N)N)n3)cc21. The number of hydrogen-bond donors (Lipinski definition) is 2. The molecule has 0 radical (unpaired) electrons. The van der Waals surface area contributed by atoms with Gasteiger partial charge in [-0.3, -0.25) is 5.41 Å². The van der Waals surface area contributed by atoms with Gasteiger partial charge in [0.25, 0.3) is 0 Å². The molecule has 4 rings (SSSR count). The zero-order valence-corrected chi connectivity index (χ0v) is 12.9. The molecule has 7 heteroatoms. The van der Waals surface area contributed by atoms with E-state index in [9.17, 15) is 0 Å². The van der Waals surface area contributed by atoms with Crippen molar-refractivity contribution in [3.05, 3.63) is 36.4 Å². The summed E-state index contributed by atoms with van der Waals surface area (Å²) in [5.41, 5.74) is 7.67. The Bertz CT molecular complexity index is 880. The van der Waals surface area contributed by atoms with E-state index in [1.807, 2.05) is 19.3 Å². The summed E-state index contributed by atoms with van der Waals surface area (Å²) >= 11 is 0. The highest BCUT2D eigenvalue weighted by Crippen LogP contribution is 2.32. The monoisotopic (exact) mass is 310 g/mol. The normalized spacial score (nSPS) is 18.0. The van der Waals surface area contributed by atoms with E-state index in [0.29, 0.717) is 11.7 Å². The smallest absolute Gasteiger partial charge is 0.249 e. The van der Waals surface area contributed by atoms with Crippen LogP contribution in [0.5, 0.6) is 0 Å². The van der Waals surface area contributed by atoms with Gasteiger partial charge in [0, 0.05) is 30.9 Å². The zero-order chi connectivity index (χ0) is 16.0. The van der Waals surface area contributed by atoms with E-state index < -0.39 is 0 Å². The fourth-order valence-electron chi connectivity index (χ4n) is 3.20. The molecule has 23 heavy (non-hydrogen) atoms. The number of hydrogen-bond acceptors (Lipinski definition) is 4. The van der Waals surface area contributed by atoms with Gasteiger partial charge in [-0.05, 0) is 30.4 Å². The number of rotatable bonds is 2. The molecule has 0 spiro atoms. The predicted octanol–water partition coefficient (Wildman–Crippen LogP) is 2.26. The van der Waals surface area contributed by atoms with Gasteiger partial charge in [0.15, 0.2) is 5.96 Å². The number of nitrogens with zero attached hydrogens (tertiary/aromatic N) is 4. The fraction of sp³-hybridized carbons (Fsp3) is 0.312. The highest BCUT2D eigenvalue weighted by molar-refractivity contribution is 5.84. The summed E-state index contributed by atoms with van der Waals surface area (Å²) < 4.78 is 7.51. The van der Waals surface area contributed by atoms with E-state index in [-0.39, 0.29) is 12.0 Å². The maximum atomic E-state index is 7.65. The second-order valence-corrected chi connectivity index (χ2v) is 5.89. The van der Waals surface area contributed by atoms with Crippen LogP contribution in [0.2, 0.25) is 0 Å². The van der Waals surface area contributed by atoms with Crippen molar-refractivity contribution < 1.29 is 4.52 Å². The largest absolute Gasteiger partial charge is 0.370 e. The van der Waals surface area contributed by atoms with E-state index >= 15 is 0 Å². The lowest BCUT2D eigenvalue weighted by Crippen LogP contribution is -2.35. The van der Waals surface area contributed by atoms with E-state index in [0.717, 1.165) is 30.5 Å². The topological polar surface area (TPSA) is 97.0 Å². The number of benzene rings is 1. The Morgan fingerprint density at radius 2 is 2.26 bits per heavy atom. The highest BCUT2D eigenvalue weighted by Gasteiger charge is 2.31. The zero-order valence-electron chi connectivity index (χ0n) is 12.9. The molecule has 1 saturated heterocycles. The minimum atomic E-state index is -0.0903. The molecule has 2 aromatic heterocycles. The second kappa shape index (κ2) is 5.12. The van der Waals surface area contributed by atoms with E-state index in [1.54, 1.807) is 4.90 Å². The summed E-state index contributed by atoms with van der Waals surface area (Å²) in [6.07, 6.45) is 3.87. The number of nitrogens with two attached hydrogens (primary N) is 1. The molecule has 1 atom stereocenters. The molecule has 1 aliphatic rings. The summed E-state index contributed by atoms with van der Waals surface area (Å²) in [5.74, 6) is 1.15. The molecule has 0 amide bonds. The molecule has 3 heterocycles. The molecular formula is C16H18N6O. The lowest BCUT2D eigenvalue weighted by atomic mass is 10.1. The summed E-state index contributed by atoms with van der Waals surface area (Å²) in [6, 6.07) is 8.09. The first-order chi connectivity index (χ1) is 11.1. The third-order valence-corrected chi connectivity index (χ3v) is 4.44. The van der Waals surface area contributed by atoms with Crippen LogP contribution in [0, 0.1) is 5.41 Å². The van der Waals surface area contributed by atoms with Crippen LogP contribution in [0.1, 0.15) is 24.8 Å². The Labute approximate surface area is 133 Å². The summed E-state index contributed by atoms with van der Waals surface area (Å²) in [6.45, 7) is 0.757. The number of likely N-dealkylation sites (tertiary alicyclic amines) is 1. The second-order valence-electron chi connectivity index (χ2n) is 5.89. The van der Waals surface area contributed by atoms with Gasteiger partial charge >= 0.3 is 0 Å². The van der Waals surface area contributed by atoms with Gasteiger partial charge in [-0.1, -0.05) is 17.3 Å². The van der Waals surface area contributed by atoms with Gasteiger partial charge in [0.2, 0.25) is 11.7 Å². The first-order valence-electron chi connectivity index (χ1n) is 7.63. The number of nitrogens with one attached hydrogen (secondary N) is 1. The number of fused-ring (bicyclic) bond motifs is 1. The van der Waals surface area contributed by atoms with Crippen molar-refractivity contribution in [3.8, 4) is 11.4 Å². The van der Waals surface area contributed by atoms with E-state index in [2.05, 4.69) is 32.9 Å². The molecule has 3 N–H and O–H groups in total. The van der Waals surface area contributed by atoms with Gasteiger partial charge in [0.05, 0.1) is 0 Å². The quantitative estimate of drug-likeness (QED) is 0.559. The minimum Gasteiger partial charge on any atom is -0.370 e. The third-order valence-electron chi connectivity index (χ3n) is 4.44. The maximum absolute atomic E-state index is 7.65. The van der Waals surface area contributed by atoms with Gasteiger partial charge in [-0.2, -0.15) is 4.98 Å². The minimum absolute atomic E-state index is 0.0532. The molecule has 0 saturated carbocycles. The Hall–Kier alpha value is -2.83. The first-order valence-corrected chi connectivity index (χ1v) is 7.63. The van der Waals surface area contributed by atoms with Crippen molar-refractivity contribution in [2.75, 3.05) is 6.54 Å². The summed E-state index contributed by atoms with van der Waals surface area (Å²) in [4.78, 5) is 6.34. The summed E-state index contributed by atoms with van der Waals surface area (Å²) in [5, 5.41) is 12.9. The maximum Gasteiger partial charge on any atom is 0.249 e. The molecule has 3 aromatic rings. The van der Waals surface area contributed by atoms with Crippen LogP contribution in [0.25, 0.3) is 22.3 Å². The number of guanidine groups is 1. The lowest BCUT2D eigenvalue weighted by Gasteiger charge is -2.21. The van der Waals surface area contributed by atoms with Crippen molar-refractivity contribution in [2.45, 2.75) is 18.9 Å². The number of aryl methyl sites for hydroxylation is 1. The average Bonchev–Trinajstić information content (AvgIpc) is 3.25. The first kappa shape index (κ1) is 13.8. The molecule has 1 aliphatic heterocycles. The van der Waals surface area contributed by atoms with Crippen LogP contribution in [0.4, 0.5) is 0 Å². The molecule has 0 bridgehead atoms. The van der Waals surface area contributed by atoms with Gasteiger partial charge in [-0.15, -0.1) is 0 Å².